The molecule has 2 heterocycles. The first kappa shape index (κ1) is 14.3. The van der Waals surface area contributed by atoms with Crippen LogP contribution >= 0.6 is 11.6 Å². The lowest BCUT2D eigenvalue weighted by Gasteiger charge is -1.96. The Labute approximate surface area is 123 Å². The van der Waals surface area contributed by atoms with Gasteiger partial charge in [0.15, 0.2) is 0 Å². The molecule has 3 aromatic rings. The summed E-state index contributed by atoms with van der Waals surface area (Å²) in [6.45, 7) is 2.93. The molecule has 0 aliphatic heterocycles. The third kappa shape index (κ3) is 4.21. The molecule has 20 heavy (non-hydrogen) atoms. The van der Waals surface area contributed by atoms with E-state index in [0.29, 0.717) is 5.15 Å². The smallest absolute Gasteiger partial charge is 0.129 e. The zero-order valence-corrected chi connectivity index (χ0v) is 12.0. The van der Waals surface area contributed by atoms with E-state index in [9.17, 15) is 0 Å². The zero-order chi connectivity index (χ0) is 14.2. The van der Waals surface area contributed by atoms with Crippen LogP contribution in [0.4, 0.5) is 0 Å². The molecule has 0 saturated carbocycles. The number of hydrogen-bond acceptors (Lipinski definition) is 2. The Balaban J connectivity index is 0.000000205. The fraction of sp³-hybridized carbons (Fsp3) is 0.125. The quantitative estimate of drug-likeness (QED) is 0.657. The predicted molar refractivity (Wildman–Crippen MR) is 82.6 cm³/mol. The van der Waals surface area contributed by atoms with Crippen molar-refractivity contribution in [2.45, 2.75) is 13.5 Å². The van der Waals surface area contributed by atoms with Gasteiger partial charge in [-0.05, 0) is 24.6 Å². The molecule has 0 N–H and O–H groups in total. The van der Waals surface area contributed by atoms with Crippen molar-refractivity contribution >= 4 is 11.6 Å². The predicted octanol–water partition coefficient (Wildman–Crippen LogP) is 4.31. The zero-order valence-electron chi connectivity index (χ0n) is 11.3. The number of benzene rings is 1. The van der Waals surface area contributed by atoms with Crippen molar-refractivity contribution in [3.05, 3.63) is 72.3 Å². The summed E-state index contributed by atoms with van der Waals surface area (Å²) in [5.74, 6) is 0. The number of nitrogens with zero attached hydrogens (tertiary/aromatic N) is 3. The molecule has 0 bridgehead atoms. The molecule has 0 atom stereocenters. The van der Waals surface area contributed by atoms with Crippen molar-refractivity contribution in [3.8, 4) is 11.1 Å². The average molecular weight is 286 g/mol. The van der Waals surface area contributed by atoms with Gasteiger partial charge < -0.3 is 0 Å². The van der Waals surface area contributed by atoms with Gasteiger partial charge in [0.2, 0.25) is 0 Å². The van der Waals surface area contributed by atoms with Crippen molar-refractivity contribution in [1.29, 1.82) is 0 Å². The first-order valence-electron chi connectivity index (χ1n) is 6.44. The van der Waals surface area contributed by atoms with Crippen LogP contribution in [0.25, 0.3) is 11.1 Å². The molecular weight excluding hydrogens is 270 g/mol. The highest BCUT2D eigenvalue weighted by Crippen LogP contribution is 2.20. The number of aryl methyl sites for hydroxylation is 1. The molecule has 0 amide bonds. The molecule has 2 aromatic heterocycles. The third-order valence-corrected chi connectivity index (χ3v) is 2.89. The second-order valence-electron chi connectivity index (χ2n) is 4.11. The Morgan fingerprint density at radius 1 is 1.05 bits per heavy atom. The lowest BCUT2D eigenvalue weighted by molar-refractivity contribution is 0.660. The topological polar surface area (TPSA) is 30.7 Å². The minimum atomic E-state index is 0.506. The summed E-state index contributed by atoms with van der Waals surface area (Å²) in [7, 11) is 0. The van der Waals surface area contributed by atoms with E-state index in [2.05, 4.69) is 17.0 Å². The van der Waals surface area contributed by atoms with Gasteiger partial charge in [0.05, 0.1) is 6.20 Å². The molecule has 4 heteroatoms. The van der Waals surface area contributed by atoms with Gasteiger partial charge in [0.1, 0.15) is 5.15 Å². The van der Waals surface area contributed by atoms with E-state index in [4.69, 9.17) is 11.6 Å². The molecule has 102 valence electrons. The van der Waals surface area contributed by atoms with E-state index in [0.717, 1.165) is 17.7 Å². The summed E-state index contributed by atoms with van der Waals surface area (Å²) in [5.41, 5.74) is 2.11. The van der Waals surface area contributed by atoms with Gasteiger partial charge in [-0.25, -0.2) is 4.98 Å². The summed E-state index contributed by atoms with van der Waals surface area (Å²) in [6, 6.07) is 15.8. The van der Waals surface area contributed by atoms with Crippen LogP contribution in [0.3, 0.4) is 0 Å². The molecule has 0 aliphatic carbocycles. The van der Waals surface area contributed by atoms with Crippen LogP contribution in [0.5, 0.6) is 0 Å². The first-order chi connectivity index (χ1) is 9.79. The van der Waals surface area contributed by atoms with E-state index in [1.54, 1.807) is 6.20 Å². The van der Waals surface area contributed by atoms with Crippen LogP contribution in [0.15, 0.2) is 67.1 Å². The molecule has 0 unspecified atom stereocenters. The third-order valence-electron chi connectivity index (χ3n) is 2.68. The Hall–Kier alpha value is -2.13. The number of halogens is 1. The van der Waals surface area contributed by atoms with Crippen LogP contribution < -0.4 is 0 Å². The molecule has 3 rings (SSSR count). The van der Waals surface area contributed by atoms with Crippen molar-refractivity contribution in [2.75, 3.05) is 0 Å². The lowest BCUT2D eigenvalue weighted by Crippen LogP contribution is -1.91. The monoisotopic (exact) mass is 285 g/mol. The number of hydrogen-bond donors (Lipinski definition) is 0. The average Bonchev–Trinajstić information content (AvgIpc) is 2.99. The van der Waals surface area contributed by atoms with E-state index in [1.165, 1.54) is 0 Å². The highest BCUT2D eigenvalue weighted by molar-refractivity contribution is 6.29. The van der Waals surface area contributed by atoms with Gasteiger partial charge in [0, 0.05) is 24.5 Å². The molecule has 0 radical (unpaired) electrons. The normalized spacial score (nSPS) is 9.70. The molecular formula is C16H16ClN3. The summed E-state index contributed by atoms with van der Waals surface area (Å²) in [5, 5.41) is 4.70. The molecule has 3 nitrogen and oxygen atoms in total. The van der Waals surface area contributed by atoms with Crippen molar-refractivity contribution < 1.29 is 0 Å². The van der Waals surface area contributed by atoms with Crippen molar-refractivity contribution in [3.63, 3.8) is 0 Å². The van der Waals surface area contributed by atoms with Gasteiger partial charge in [-0.15, -0.1) is 0 Å². The van der Waals surface area contributed by atoms with Crippen molar-refractivity contribution in [2.24, 2.45) is 0 Å². The summed E-state index contributed by atoms with van der Waals surface area (Å²) in [6.07, 6.45) is 5.52. The van der Waals surface area contributed by atoms with Gasteiger partial charge in [-0.3, -0.25) is 4.68 Å². The standard InChI is InChI=1S/C10H10ClN3.C6H6/c1-2-14-7-9(6-13-14)8-3-4-12-10(11)5-8;1-2-4-6-5-3-1/h3-7H,2H2,1H3;1-6H. The minimum Gasteiger partial charge on any atom is -0.272 e. The first-order valence-corrected chi connectivity index (χ1v) is 6.82. The van der Waals surface area contributed by atoms with E-state index >= 15 is 0 Å². The minimum absolute atomic E-state index is 0.506. The maximum atomic E-state index is 5.80. The van der Waals surface area contributed by atoms with Gasteiger partial charge in [0.25, 0.3) is 0 Å². The van der Waals surface area contributed by atoms with Crippen LogP contribution in [0.1, 0.15) is 6.92 Å². The maximum Gasteiger partial charge on any atom is 0.129 e. The second kappa shape index (κ2) is 7.46. The highest BCUT2D eigenvalue weighted by atomic mass is 35.5. The van der Waals surface area contributed by atoms with E-state index in [1.807, 2.05) is 65.6 Å². The fourth-order valence-corrected chi connectivity index (χ4v) is 1.83. The van der Waals surface area contributed by atoms with Gasteiger partial charge >= 0.3 is 0 Å². The van der Waals surface area contributed by atoms with Gasteiger partial charge in [-0.2, -0.15) is 5.10 Å². The molecule has 0 saturated heterocycles. The lowest BCUT2D eigenvalue weighted by atomic mass is 10.1. The number of rotatable bonds is 2. The molecule has 1 aromatic carbocycles. The van der Waals surface area contributed by atoms with Crippen LogP contribution in [-0.2, 0) is 6.54 Å². The highest BCUT2D eigenvalue weighted by Gasteiger charge is 2.01. The molecule has 0 fully saturated rings. The number of pyridine rings is 1. The van der Waals surface area contributed by atoms with E-state index in [-0.39, 0.29) is 0 Å². The Morgan fingerprint density at radius 3 is 2.20 bits per heavy atom. The SMILES string of the molecule is CCn1cc(-c2ccnc(Cl)c2)cn1.c1ccccc1. The van der Waals surface area contributed by atoms with Gasteiger partial charge in [-0.1, -0.05) is 48.0 Å². The summed E-state index contributed by atoms with van der Waals surface area (Å²) >= 11 is 5.80. The summed E-state index contributed by atoms with van der Waals surface area (Å²) in [4.78, 5) is 3.93. The molecule has 0 spiro atoms. The molecule has 0 aliphatic rings. The fourth-order valence-electron chi connectivity index (χ4n) is 1.65. The van der Waals surface area contributed by atoms with Crippen LogP contribution in [0, 0.1) is 0 Å². The van der Waals surface area contributed by atoms with Crippen LogP contribution in [-0.4, -0.2) is 14.8 Å². The number of aromatic nitrogens is 3. The second-order valence-corrected chi connectivity index (χ2v) is 4.49. The Morgan fingerprint density at radius 2 is 1.70 bits per heavy atom. The summed E-state index contributed by atoms with van der Waals surface area (Å²) < 4.78 is 1.88. The Bertz CT molecular complexity index is 608. The van der Waals surface area contributed by atoms with Crippen LogP contribution in [0.2, 0.25) is 5.15 Å². The largest absolute Gasteiger partial charge is 0.272 e. The Kier molecular flexibility index (Phi) is 5.33. The maximum absolute atomic E-state index is 5.80. The van der Waals surface area contributed by atoms with Crippen molar-refractivity contribution in [1.82, 2.24) is 14.8 Å². The van der Waals surface area contributed by atoms with E-state index < -0.39 is 0 Å².